The minimum Gasteiger partial charge on any atom is -0.345 e. The van der Waals surface area contributed by atoms with Crippen LogP contribution in [0.15, 0.2) is 73.3 Å². The summed E-state index contributed by atoms with van der Waals surface area (Å²) >= 11 is 0. The number of nitrogens with one attached hydrogen (secondary N) is 1. The van der Waals surface area contributed by atoms with Crippen molar-refractivity contribution in [1.82, 2.24) is 5.32 Å². The van der Waals surface area contributed by atoms with E-state index in [0.717, 1.165) is 5.56 Å². The van der Waals surface area contributed by atoms with Crippen molar-refractivity contribution in [3.05, 3.63) is 84.4 Å². The first kappa shape index (κ1) is 15.7. The van der Waals surface area contributed by atoms with E-state index in [0.29, 0.717) is 5.56 Å². The number of Topliss-reactive ketones (excluding diaryl/α,β-unsaturated/α-hetero) is 1. The minimum atomic E-state index is -0.389. The molecule has 22 heavy (non-hydrogen) atoms. The molecule has 0 saturated heterocycles. The van der Waals surface area contributed by atoms with E-state index in [1.54, 1.807) is 12.1 Å². The molecule has 3 nitrogen and oxygen atoms in total. The Morgan fingerprint density at radius 2 is 1.55 bits per heavy atom. The van der Waals surface area contributed by atoms with Crippen LogP contribution in [0.5, 0.6) is 0 Å². The van der Waals surface area contributed by atoms with Gasteiger partial charge in [0.2, 0.25) is 5.91 Å². The average Bonchev–Trinajstić information content (AvgIpc) is 2.59. The van der Waals surface area contributed by atoms with Crippen molar-refractivity contribution in [1.29, 1.82) is 0 Å². The summed E-state index contributed by atoms with van der Waals surface area (Å²) < 4.78 is 0. The monoisotopic (exact) mass is 293 g/mol. The normalized spacial score (nSPS) is 13.0. The minimum absolute atomic E-state index is 0.00110. The van der Waals surface area contributed by atoms with Crippen molar-refractivity contribution < 1.29 is 9.59 Å². The van der Waals surface area contributed by atoms with E-state index in [1.807, 2.05) is 55.5 Å². The first-order valence-electron chi connectivity index (χ1n) is 7.20. The lowest BCUT2D eigenvalue weighted by Gasteiger charge is -2.24. The standard InChI is InChI=1S/C19H19NO2/c1-3-17(21)20-18(15-10-6-4-7-11-15)14(2)19(22)16-12-8-5-9-13-16/h3-14,18H,1H2,2H3,(H,20,21). The van der Waals surface area contributed by atoms with E-state index in [2.05, 4.69) is 11.9 Å². The Balaban J connectivity index is 2.30. The summed E-state index contributed by atoms with van der Waals surface area (Å²) in [6.45, 7) is 5.30. The lowest BCUT2D eigenvalue weighted by atomic mass is 9.88. The largest absolute Gasteiger partial charge is 0.345 e. The van der Waals surface area contributed by atoms with Crippen molar-refractivity contribution in [3.63, 3.8) is 0 Å². The predicted molar refractivity (Wildman–Crippen MR) is 87.5 cm³/mol. The molecule has 3 heteroatoms. The van der Waals surface area contributed by atoms with Crippen molar-refractivity contribution in [3.8, 4) is 0 Å². The molecule has 2 unspecified atom stereocenters. The molecule has 2 aromatic rings. The van der Waals surface area contributed by atoms with Crippen molar-refractivity contribution in [2.45, 2.75) is 13.0 Å². The number of carbonyl (C=O) groups excluding carboxylic acids is 2. The van der Waals surface area contributed by atoms with Crippen molar-refractivity contribution in [2.24, 2.45) is 5.92 Å². The van der Waals surface area contributed by atoms with Gasteiger partial charge in [0, 0.05) is 11.5 Å². The molecule has 0 bridgehead atoms. The van der Waals surface area contributed by atoms with Crippen molar-refractivity contribution >= 4 is 11.7 Å². The highest BCUT2D eigenvalue weighted by Gasteiger charge is 2.27. The van der Waals surface area contributed by atoms with Crippen LogP contribution in [0.4, 0.5) is 0 Å². The van der Waals surface area contributed by atoms with Crippen LogP contribution >= 0.6 is 0 Å². The van der Waals surface area contributed by atoms with Crippen LogP contribution in [-0.4, -0.2) is 11.7 Å². The van der Waals surface area contributed by atoms with E-state index >= 15 is 0 Å². The molecule has 0 aliphatic heterocycles. The van der Waals surface area contributed by atoms with E-state index in [9.17, 15) is 9.59 Å². The number of amides is 1. The Morgan fingerprint density at radius 1 is 1.00 bits per heavy atom. The van der Waals surface area contributed by atoms with Gasteiger partial charge in [-0.1, -0.05) is 74.2 Å². The Kier molecular flexibility index (Phi) is 5.26. The molecule has 0 aliphatic rings. The third-order valence-corrected chi connectivity index (χ3v) is 3.61. The van der Waals surface area contributed by atoms with Crippen LogP contribution in [-0.2, 0) is 4.79 Å². The Labute approximate surface area is 130 Å². The highest BCUT2D eigenvalue weighted by Crippen LogP contribution is 2.25. The fourth-order valence-corrected chi connectivity index (χ4v) is 2.39. The SMILES string of the molecule is C=CC(=O)NC(c1ccccc1)C(C)C(=O)c1ccccc1. The topological polar surface area (TPSA) is 46.2 Å². The molecule has 1 N–H and O–H groups in total. The maximum atomic E-state index is 12.7. The fourth-order valence-electron chi connectivity index (χ4n) is 2.39. The summed E-state index contributed by atoms with van der Waals surface area (Å²) in [4.78, 5) is 24.4. The zero-order valence-electron chi connectivity index (χ0n) is 12.5. The molecule has 2 aromatic carbocycles. The van der Waals surface area contributed by atoms with Gasteiger partial charge in [-0.2, -0.15) is 0 Å². The summed E-state index contributed by atoms with van der Waals surface area (Å²) in [5.41, 5.74) is 1.54. The smallest absolute Gasteiger partial charge is 0.243 e. The first-order valence-corrected chi connectivity index (χ1v) is 7.20. The Bertz CT molecular complexity index is 650. The second-order valence-corrected chi connectivity index (χ2v) is 5.12. The maximum absolute atomic E-state index is 12.7. The maximum Gasteiger partial charge on any atom is 0.243 e. The molecule has 0 saturated carbocycles. The number of hydrogen-bond donors (Lipinski definition) is 1. The van der Waals surface area contributed by atoms with E-state index in [1.165, 1.54) is 6.08 Å². The summed E-state index contributed by atoms with van der Waals surface area (Å²) in [5.74, 6) is -0.672. The third-order valence-electron chi connectivity index (χ3n) is 3.61. The van der Waals surface area contributed by atoms with Gasteiger partial charge in [0.05, 0.1) is 6.04 Å². The lowest BCUT2D eigenvalue weighted by molar-refractivity contribution is -0.117. The van der Waals surface area contributed by atoms with Gasteiger partial charge in [0.25, 0.3) is 0 Å². The molecule has 0 fully saturated rings. The van der Waals surface area contributed by atoms with Gasteiger partial charge in [-0.05, 0) is 11.6 Å². The summed E-state index contributed by atoms with van der Waals surface area (Å²) in [7, 11) is 0. The van der Waals surface area contributed by atoms with Crippen LogP contribution in [0, 0.1) is 5.92 Å². The van der Waals surface area contributed by atoms with Gasteiger partial charge < -0.3 is 5.32 Å². The molecule has 0 aromatic heterocycles. The summed E-state index contributed by atoms with van der Waals surface area (Å²) in [6.07, 6.45) is 1.22. The number of carbonyl (C=O) groups is 2. The second-order valence-electron chi connectivity index (χ2n) is 5.12. The molecule has 0 heterocycles. The molecule has 2 rings (SSSR count). The van der Waals surface area contributed by atoms with Crippen LogP contribution in [0.2, 0.25) is 0 Å². The molecule has 0 aliphatic carbocycles. The van der Waals surface area contributed by atoms with Crippen LogP contribution in [0.25, 0.3) is 0 Å². The number of benzene rings is 2. The highest BCUT2D eigenvalue weighted by atomic mass is 16.1. The van der Waals surface area contributed by atoms with Gasteiger partial charge in [-0.15, -0.1) is 0 Å². The molecular weight excluding hydrogens is 274 g/mol. The fraction of sp³-hybridized carbons (Fsp3) is 0.158. The molecule has 2 atom stereocenters. The zero-order chi connectivity index (χ0) is 15.9. The van der Waals surface area contributed by atoms with E-state index in [4.69, 9.17) is 0 Å². The average molecular weight is 293 g/mol. The Morgan fingerprint density at radius 3 is 2.09 bits per heavy atom. The van der Waals surface area contributed by atoms with Gasteiger partial charge in [-0.25, -0.2) is 0 Å². The van der Waals surface area contributed by atoms with E-state index < -0.39 is 0 Å². The zero-order valence-corrected chi connectivity index (χ0v) is 12.5. The highest BCUT2D eigenvalue weighted by molar-refractivity contribution is 5.98. The van der Waals surface area contributed by atoms with Crippen LogP contribution in [0.1, 0.15) is 28.9 Å². The van der Waals surface area contributed by atoms with Gasteiger partial charge in [-0.3, -0.25) is 9.59 Å². The Hall–Kier alpha value is -2.68. The second kappa shape index (κ2) is 7.36. The first-order chi connectivity index (χ1) is 10.6. The summed E-state index contributed by atoms with van der Waals surface area (Å²) in [6, 6.07) is 18.2. The van der Waals surface area contributed by atoms with Crippen LogP contribution < -0.4 is 5.32 Å². The molecular formula is C19H19NO2. The molecule has 0 spiro atoms. The van der Waals surface area contributed by atoms with Gasteiger partial charge >= 0.3 is 0 Å². The van der Waals surface area contributed by atoms with E-state index in [-0.39, 0.29) is 23.7 Å². The van der Waals surface area contributed by atoms with Gasteiger partial charge in [0.1, 0.15) is 0 Å². The lowest BCUT2D eigenvalue weighted by Crippen LogP contribution is -2.34. The summed E-state index contributed by atoms with van der Waals surface area (Å²) in [5, 5.41) is 2.86. The van der Waals surface area contributed by atoms with Gasteiger partial charge in [0.15, 0.2) is 5.78 Å². The quantitative estimate of drug-likeness (QED) is 0.654. The molecule has 0 radical (unpaired) electrons. The molecule has 112 valence electrons. The number of rotatable bonds is 6. The number of hydrogen-bond acceptors (Lipinski definition) is 2. The van der Waals surface area contributed by atoms with Crippen molar-refractivity contribution in [2.75, 3.05) is 0 Å². The predicted octanol–water partition coefficient (Wildman–Crippen LogP) is 3.55. The van der Waals surface area contributed by atoms with Crippen LogP contribution in [0.3, 0.4) is 0 Å². The third kappa shape index (κ3) is 3.70. The molecule has 1 amide bonds. The number of ketones is 1.